The Balaban J connectivity index is 1.68. The minimum absolute atomic E-state index is 1.12. The summed E-state index contributed by atoms with van der Waals surface area (Å²) in [5.41, 5.74) is 0. The van der Waals surface area contributed by atoms with Gasteiger partial charge < -0.3 is 0 Å². The second-order valence-corrected chi connectivity index (χ2v) is 6.21. The zero-order valence-electron chi connectivity index (χ0n) is 8.13. The summed E-state index contributed by atoms with van der Waals surface area (Å²) in [5.74, 6) is 2.25. The molecular weight excluding hydrogens is 242 g/mol. The van der Waals surface area contributed by atoms with Gasteiger partial charge in [0.25, 0.3) is 0 Å². The summed E-state index contributed by atoms with van der Waals surface area (Å²) in [7, 11) is 0. The predicted molar refractivity (Wildman–Crippen MR) is 70.0 cm³/mol. The van der Waals surface area contributed by atoms with Gasteiger partial charge in [0, 0.05) is 28.0 Å². The van der Waals surface area contributed by atoms with E-state index >= 15 is 0 Å². The van der Waals surface area contributed by atoms with E-state index in [1.807, 2.05) is 41.2 Å². The van der Waals surface area contributed by atoms with E-state index in [0.29, 0.717) is 0 Å². The number of rotatable bonds is 5. The maximum atomic E-state index is 4.23. The first-order chi connectivity index (χ1) is 7.45. The Morgan fingerprint density at radius 1 is 1.07 bits per heavy atom. The third-order valence-electron chi connectivity index (χ3n) is 1.73. The van der Waals surface area contributed by atoms with Crippen molar-refractivity contribution in [3.8, 4) is 0 Å². The van der Waals surface area contributed by atoms with E-state index in [0.717, 1.165) is 11.5 Å². The molecule has 0 atom stereocenters. The zero-order chi connectivity index (χ0) is 10.3. The number of nitrogens with zero attached hydrogens (tertiary/aromatic N) is 1. The van der Waals surface area contributed by atoms with Crippen LogP contribution in [0.2, 0.25) is 0 Å². The Bertz CT molecular complexity index is 372. The lowest BCUT2D eigenvalue weighted by Gasteiger charge is -1.99. The second kappa shape index (κ2) is 6.20. The van der Waals surface area contributed by atoms with Crippen LogP contribution in [0.5, 0.6) is 0 Å². The summed E-state index contributed by atoms with van der Waals surface area (Å²) >= 11 is 5.44. The van der Waals surface area contributed by atoms with Gasteiger partial charge in [-0.2, -0.15) is 0 Å². The van der Waals surface area contributed by atoms with Crippen LogP contribution < -0.4 is 0 Å². The molecule has 0 fully saturated rings. The molecule has 0 bridgehead atoms. The molecule has 2 rings (SSSR count). The van der Waals surface area contributed by atoms with Gasteiger partial charge in [-0.1, -0.05) is 30.0 Å². The Labute approximate surface area is 102 Å². The lowest BCUT2D eigenvalue weighted by molar-refractivity contribution is 1.25. The van der Waals surface area contributed by atoms with Gasteiger partial charge in [0.2, 0.25) is 0 Å². The average molecular weight is 253 g/mol. The smallest absolute Gasteiger partial charge is 0.149 e. The van der Waals surface area contributed by atoms with Crippen molar-refractivity contribution in [2.75, 3.05) is 11.5 Å². The van der Waals surface area contributed by atoms with Crippen LogP contribution in [-0.4, -0.2) is 16.5 Å². The first-order valence-corrected chi connectivity index (χ1v) is 7.50. The highest BCUT2D eigenvalue weighted by Gasteiger charge is 1.97. The monoisotopic (exact) mass is 253 g/mol. The highest BCUT2D eigenvalue weighted by atomic mass is 32.2. The summed E-state index contributed by atoms with van der Waals surface area (Å²) in [4.78, 5) is 5.58. The van der Waals surface area contributed by atoms with Crippen molar-refractivity contribution in [1.82, 2.24) is 4.98 Å². The number of thiazole rings is 1. The minimum atomic E-state index is 1.12. The molecule has 0 saturated carbocycles. The van der Waals surface area contributed by atoms with E-state index < -0.39 is 0 Å². The molecule has 1 heterocycles. The molecule has 2 aromatic rings. The lowest BCUT2D eigenvalue weighted by atomic mass is 10.4. The molecule has 1 nitrogen and oxygen atoms in total. The zero-order valence-corrected chi connectivity index (χ0v) is 10.6. The molecule has 15 heavy (non-hydrogen) atoms. The van der Waals surface area contributed by atoms with Gasteiger partial charge in [0.05, 0.1) is 0 Å². The standard InChI is InChI=1S/C11H11NS3/c1-2-4-10(5-3-1)13-8-9-15-11-12-6-7-14-11/h1-7H,8-9H2. The third kappa shape index (κ3) is 3.89. The van der Waals surface area contributed by atoms with Crippen molar-refractivity contribution in [2.24, 2.45) is 0 Å². The lowest BCUT2D eigenvalue weighted by Crippen LogP contribution is -1.83. The van der Waals surface area contributed by atoms with Gasteiger partial charge in [-0.15, -0.1) is 23.1 Å². The van der Waals surface area contributed by atoms with Crippen molar-refractivity contribution in [1.29, 1.82) is 0 Å². The van der Waals surface area contributed by atoms with Gasteiger partial charge in [0.1, 0.15) is 4.34 Å². The fraction of sp³-hybridized carbons (Fsp3) is 0.182. The number of aromatic nitrogens is 1. The molecule has 78 valence electrons. The normalized spacial score (nSPS) is 10.4. The Kier molecular flexibility index (Phi) is 4.57. The summed E-state index contributed by atoms with van der Waals surface area (Å²) < 4.78 is 1.17. The summed E-state index contributed by atoms with van der Waals surface area (Å²) in [6.07, 6.45) is 1.86. The van der Waals surface area contributed by atoms with Crippen LogP contribution in [0.1, 0.15) is 0 Å². The van der Waals surface area contributed by atoms with Crippen molar-refractivity contribution in [3.63, 3.8) is 0 Å². The molecule has 0 unspecified atom stereocenters. The van der Waals surface area contributed by atoms with Crippen molar-refractivity contribution < 1.29 is 0 Å². The van der Waals surface area contributed by atoms with E-state index in [4.69, 9.17) is 0 Å². The van der Waals surface area contributed by atoms with Gasteiger partial charge in [-0.25, -0.2) is 4.98 Å². The van der Waals surface area contributed by atoms with Crippen molar-refractivity contribution in [2.45, 2.75) is 9.24 Å². The number of benzene rings is 1. The molecule has 4 heteroatoms. The second-order valence-electron chi connectivity index (χ2n) is 2.81. The summed E-state index contributed by atoms with van der Waals surface area (Å²) in [5, 5.41) is 2.02. The molecular formula is C11H11NS3. The van der Waals surface area contributed by atoms with E-state index in [2.05, 4.69) is 29.2 Å². The maximum absolute atomic E-state index is 4.23. The SMILES string of the molecule is c1ccc(SCCSc2nccs2)cc1. The van der Waals surface area contributed by atoms with Gasteiger partial charge in [-0.3, -0.25) is 0 Å². The summed E-state index contributed by atoms with van der Waals surface area (Å²) in [6, 6.07) is 10.5. The van der Waals surface area contributed by atoms with Gasteiger partial charge >= 0.3 is 0 Å². The number of hydrogen-bond donors (Lipinski definition) is 0. The molecule has 0 spiro atoms. The van der Waals surface area contributed by atoms with E-state index in [1.165, 1.54) is 9.24 Å². The first-order valence-electron chi connectivity index (χ1n) is 4.65. The van der Waals surface area contributed by atoms with Crippen molar-refractivity contribution >= 4 is 34.9 Å². The van der Waals surface area contributed by atoms with Crippen LogP contribution in [0, 0.1) is 0 Å². The highest BCUT2D eigenvalue weighted by molar-refractivity contribution is 8.03. The third-order valence-corrected chi connectivity index (χ3v) is 4.97. The van der Waals surface area contributed by atoms with Crippen LogP contribution in [0.25, 0.3) is 0 Å². The number of hydrogen-bond acceptors (Lipinski definition) is 4. The molecule has 0 radical (unpaired) electrons. The topological polar surface area (TPSA) is 12.9 Å². The summed E-state index contributed by atoms with van der Waals surface area (Å²) in [6.45, 7) is 0. The van der Waals surface area contributed by atoms with Crippen LogP contribution >= 0.6 is 34.9 Å². The predicted octanol–water partition coefficient (Wildman–Crippen LogP) is 4.03. The largest absolute Gasteiger partial charge is 0.238 e. The molecule has 0 saturated heterocycles. The molecule has 1 aromatic heterocycles. The number of thioether (sulfide) groups is 2. The Hall–Kier alpha value is -0.450. The highest BCUT2D eigenvalue weighted by Crippen LogP contribution is 2.23. The molecule has 0 aliphatic rings. The van der Waals surface area contributed by atoms with Gasteiger partial charge in [-0.05, 0) is 12.1 Å². The average Bonchev–Trinajstić information content (AvgIpc) is 2.79. The van der Waals surface area contributed by atoms with Crippen LogP contribution in [0.4, 0.5) is 0 Å². The molecule has 0 amide bonds. The molecule has 0 N–H and O–H groups in total. The molecule has 0 aliphatic carbocycles. The fourth-order valence-corrected chi connectivity index (χ4v) is 3.70. The van der Waals surface area contributed by atoms with Gasteiger partial charge in [0.15, 0.2) is 0 Å². The van der Waals surface area contributed by atoms with Crippen molar-refractivity contribution in [3.05, 3.63) is 41.9 Å². The quantitative estimate of drug-likeness (QED) is 0.590. The first kappa shape index (κ1) is 11.0. The minimum Gasteiger partial charge on any atom is -0.238 e. The maximum Gasteiger partial charge on any atom is 0.149 e. The molecule has 0 aliphatic heterocycles. The Morgan fingerprint density at radius 2 is 1.87 bits per heavy atom. The molecule has 1 aromatic carbocycles. The van der Waals surface area contributed by atoms with E-state index in [9.17, 15) is 0 Å². The fourth-order valence-electron chi connectivity index (χ4n) is 1.09. The van der Waals surface area contributed by atoms with Crippen LogP contribution in [0.3, 0.4) is 0 Å². The van der Waals surface area contributed by atoms with E-state index in [-0.39, 0.29) is 0 Å². The Morgan fingerprint density at radius 3 is 2.60 bits per heavy atom. The van der Waals surface area contributed by atoms with Crippen LogP contribution in [-0.2, 0) is 0 Å². The van der Waals surface area contributed by atoms with E-state index in [1.54, 1.807) is 11.3 Å². The van der Waals surface area contributed by atoms with Crippen LogP contribution in [0.15, 0.2) is 51.1 Å².